The van der Waals surface area contributed by atoms with Crippen LogP contribution in [0.25, 0.3) is 0 Å². The second kappa shape index (κ2) is 6.51. The Kier molecular flexibility index (Phi) is 4.72. The molecular weight excluding hydrogens is 278 g/mol. The molecule has 0 aliphatic carbocycles. The molecule has 2 aromatic carbocycles. The molecular formula is C15H16F2N2O2. The van der Waals surface area contributed by atoms with Crippen LogP contribution in [0.2, 0.25) is 0 Å². The topological polar surface area (TPSA) is 56.5 Å². The molecule has 1 atom stereocenters. The first-order valence-corrected chi connectivity index (χ1v) is 6.23. The Labute approximate surface area is 121 Å². The van der Waals surface area contributed by atoms with Crippen LogP contribution in [0.4, 0.5) is 8.78 Å². The van der Waals surface area contributed by atoms with Crippen molar-refractivity contribution < 1.29 is 18.3 Å². The molecule has 1 unspecified atom stereocenters. The van der Waals surface area contributed by atoms with Crippen molar-refractivity contribution in [2.24, 2.45) is 5.84 Å². The summed E-state index contributed by atoms with van der Waals surface area (Å²) in [6.07, 6.45) is 0. The van der Waals surface area contributed by atoms with Crippen LogP contribution >= 0.6 is 0 Å². The average molecular weight is 294 g/mol. The van der Waals surface area contributed by atoms with Gasteiger partial charge in [0.05, 0.1) is 20.3 Å². The van der Waals surface area contributed by atoms with Gasteiger partial charge in [-0.3, -0.25) is 5.84 Å². The Morgan fingerprint density at radius 3 is 2.10 bits per heavy atom. The second-order valence-electron chi connectivity index (χ2n) is 4.41. The van der Waals surface area contributed by atoms with Gasteiger partial charge < -0.3 is 9.47 Å². The van der Waals surface area contributed by atoms with Gasteiger partial charge in [-0.1, -0.05) is 6.07 Å². The summed E-state index contributed by atoms with van der Waals surface area (Å²) in [5.74, 6) is 5.31. The number of halogens is 2. The average Bonchev–Trinajstić information content (AvgIpc) is 2.49. The van der Waals surface area contributed by atoms with E-state index in [9.17, 15) is 8.78 Å². The molecule has 0 saturated carbocycles. The smallest absolute Gasteiger partial charge is 0.131 e. The lowest BCUT2D eigenvalue weighted by Crippen LogP contribution is -2.29. The van der Waals surface area contributed by atoms with Gasteiger partial charge in [-0.25, -0.2) is 14.2 Å². The Morgan fingerprint density at radius 1 is 1.00 bits per heavy atom. The van der Waals surface area contributed by atoms with Crippen LogP contribution in [0, 0.1) is 11.6 Å². The maximum Gasteiger partial charge on any atom is 0.131 e. The third-order valence-electron chi connectivity index (χ3n) is 3.15. The number of benzene rings is 2. The molecule has 0 aromatic heterocycles. The van der Waals surface area contributed by atoms with Crippen molar-refractivity contribution in [3.63, 3.8) is 0 Å². The summed E-state index contributed by atoms with van der Waals surface area (Å²) in [5.41, 5.74) is 3.39. The summed E-state index contributed by atoms with van der Waals surface area (Å²) >= 11 is 0. The first kappa shape index (κ1) is 15.2. The first-order valence-electron chi connectivity index (χ1n) is 6.23. The highest BCUT2D eigenvalue weighted by Gasteiger charge is 2.19. The zero-order valence-corrected chi connectivity index (χ0v) is 11.7. The van der Waals surface area contributed by atoms with Gasteiger partial charge in [0, 0.05) is 17.7 Å². The van der Waals surface area contributed by atoms with E-state index in [1.807, 2.05) is 0 Å². The molecule has 0 spiro atoms. The number of nitrogens with one attached hydrogen (secondary N) is 1. The van der Waals surface area contributed by atoms with Crippen molar-refractivity contribution in [3.8, 4) is 11.5 Å². The number of hydrogen-bond donors (Lipinski definition) is 2. The third kappa shape index (κ3) is 3.29. The highest BCUT2D eigenvalue weighted by molar-refractivity contribution is 5.43. The number of methoxy groups -OCH3 is 2. The van der Waals surface area contributed by atoms with Crippen molar-refractivity contribution in [1.29, 1.82) is 0 Å². The number of rotatable bonds is 5. The quantitative estimate of drug-likeness (QED) is 0.657. The van der Waals surface area contributed by atoms with E-state index in [2.05, 4.69) is 5.43 Å². The van der Waals surface area contributed by atoms with E-state index in [-0.39, 0.29) is 5.56 Å². The van der Waals surface area contributed by atoms with Crippen LogP contribution in [-0.4, -0.2) is 14.2 Å². The fourth-order valence-electron chi connectivity index (χ4n) is 2.10. The molecule has 2 rings (SSSR count). The summed E-state index contributed by atoms with van der Waals surface area (Å²) in [6, 6.07) is 7.79. The summed E-state index contributed by atoms with van der Waals surface area (Å²) in [5, 5.41) is 0. The predicted molar refractivity (Wildman–Crippen MR) is 75.1 cm³/mol. The molecule has 0 saturated heterocycles. The van der Waals surface area contributed by atoms with Crippen molar-refractivity contribution in [3.05, 3.63) is 59.2 Å². The Balaban J connectivity index is 2.50. The highest BCUT2D eigenvalue weighted by Crippen LogP contribution is 2.30. The van der Waals surface area contributed by atoms with Crippen LogP contribution in [0.5, 0.6) is 11.5 Å². The van der Waals surface area contributed by atoms with Gasteiger partial charge in [0.15, 0.2) is 0 Å². The number of hydrogen-bond acceptors (Lipinski definition) is 4. The Hall–Kier alpha value is -2.18. The lowest BCUT2D eigenvalue weighted by Gasteiger charge is -2.19. The molecule has 3 N–H and O–H groups in total. The van der Waals surface area contributed by atoms with E-state index in [1.165, 1.54) is 26.4 Å². The zero-order chi connectivity index (χ0) is 15.4. The van der Waals surface area contributed by atoms with Gasteiger partial charge in [0.25, 0.3) is 0 Å². The lowest BCUT2D eigenvalue weighted by molar-refractivity contribution is 0.392. The molecule has 112 valence electrons. The van der Waals surface area contributed by atoms with Crippen LogP contribution in [-0.2, 0) is 0 Å². The predicted octanol–water partition coefficient (Wildman–Crippen LogP) is 2.53. The molecule has 0 radical (unpaired) electrons. The first-order chi connectivity index (χ1) is 10.1. The highest BCUT2D eigenvalue weighted by atomic mass is 19.1. The Bertz CT molecular complexity index is 613. The molecule has 6 heteroatoms. The standard InChI is InChI=1S/C15H16F2N2O2/c1-20-11-5-9(6-12(8-11)21-2)15(19-18)13-4-3-10(16)7-14(13)17/h3-8,15,19H,18H2,1-2H3. The monoisotopic (exact) mass is 294 g/mol. The van der Waals surface area contributed by atoms with Crippen molar-refractivity contribution in [2.75, 3.05) is 14.2 Å². The third-order valence-corrected chi connectivity index (χ3v) is 3.15. The molecule has 0 fully saturated rings. The lowest BCUT2D eigenvalue weighted by atomic mass is 9.98. The van der Waals surface area contributed by atoms with Gasteiger partial charge in [-0.2, -0.15) is 0 Å². The van der Waals surface area contributed by atoms with Crippen molar-refractivity contribution in [2.45, 2.75) is 6.04 Å². The minimum absolute atomic E-state index is 0.231. The van der Waals surface area contributed by atoms with E-state index in [4.69, 9.17) is 15.3 Å². The summed E-state index contributed by atoms with van der Waals surface area (Å²) in [4.78, 5) is 0. The SMILES string of the molecule is COc1cc(OC)cc(C(NN)c2ccc(F)cc2F)c1. The summed E-state index contributed by atoms with van der Waals surface area (Å²) < 4.78 is 37.3. The molecule has 2 aromatic rings. The second-order valence-corrected chi connectivity index (χ2v) is 4.41. The van der Waals surface area contributed by atoms with Crippen molar-refractivity contribution >= 4 is 0 Å². The summed E-state index contributed by atoms with van der Waals surface area (Å²) in [7, 11) is 3.03. The number of nitrogens with two attached hydrogens (primary N) is 1. The van der Waals surface area contributed by atoms with E-state index in [1.54, 1.807) is 18.2 Å². The van der Waals surface area contributed by atoms with Gasteiger partial charge >= 0.3 is 0 Å². The minimum atomic E-state index is -0.681. The maximum atomic E-state index is 13.9. The van der Waals surface area contributed by atoms with Gasteiger partial charge in [-0.05, 0) is 23.8 Å². The van der Waals surface area contributed by atoms with Gasteiger partial charge in [0.1, 0.15) is 23.1 Å². The molecule has 0 heterocycles. The van der Waals surface area contributed by atoms with Crippen LogP contribution < -0.4 is 20.7 Å². The van der Waals surface area contributed by atoms with Crippen molar-refractivity contribution in [1.82, 2.24) is 5.43 Å². The fraction of sp³-hybridized carbons (Fsp3) is 0.200. The Morgan fingerprint density at radius 2 is 1.62 bits per heavy atom. The molecule has 0 bridgehead atoms. The zero-order valence-electron chi connectivity index (χ0n) is 11.7. The number of hydrazine groups is 1. The van der Waals surface area contributed by atoms with E-state index in [0.29, 0.717) is 17.1 Å². The van der Waals surface area contributed by atoms with E-state index in [0.717, 1.165) is 6.07 Å². The van der Waals surface area contributed by atoms with Crippen LogP contribution in [0.15, 0.2) is 36.4 Å². The summed E-state index contributed by atoms with van der Waals surface area (Å²) in [6.45, 7) is 0. The molecule has 4 nitrogen and oxygen atoms in total. The van der Waals surface area contributed by atoms with E-state index < -0.39 is 17.7 Å². The van der Waals surface area contributed by atoms with E-state index >= 15 is 0 Å². The molecule has 0 aliphatic rings. The normalized spacial score (nSPS) is 12.0. The number of ether oxygens (including phenoxy) is 2. The molecule has 21 heavy (non-hydrogen) atoms. The van der Waals surface area contributed by atoms with Crippen LogP contribution in [0.1, 0.15) is 17.2 Å². The molecule has 0 aliphatic heterocycles. The maximum absolute atomic E-state index is 13.9. The van der Waals surface area contributed by atoms with Gasteiger partial charge in [-0.15, -0.1) is 0 Å². The van der Waals surface area contributed by atoms with Gasteiger partial charge in [0.2, 0.25) is 0 Å². The largest absolute Gasteiger partial charge is 0.497 e. The fourth-order valence-corrected chi connectivity index (χ4v) is 2.10. The molecule has 0 amide bonds. The minimum Gasteiger partial charge on any atom is -0.497 e. The van der Waals surface area contributed by atoms with Crippen LogP contribution in [0.3, 0.4) is 0 Å².